The van der Waals surface area contributed by atoms with Crippen molar-refractivity contribution in [3.63, 3.8) is 0 Å². The summed E-state index contributed by atoms with van der Waals surface area (Å²) in [5.41, 5.74) is 1.74. The minimum absolute atomic E-state index is 0.0332. The summed E-state index contributed by atoms with van der Waals surface area (Å²) < 4.78 is 0. The molecule has 0 radical (unpaired) electrons. The summed E-state index contributed by atoms with van der Waals surface area (Å²) in [7, 11) is 0. The van der Waals surface area contributed by atoms with Crippen molar-refractivity contribution in [2.75, 3.05) is 11.9 Å². The van der Waals surface area contributed by atoms with Crippen LogP contribution in [-0.2, 0) is 9.59 Å². The Morgan fingerprint density at radius 2 is 1.30 bits per heavy atom. The van der Waals surface area contributed by atoms with E-state index in [0.717, 1.165) is 5.56 Å². The number of rotatable bonds is 8. The summed E-state index contributed by atoms with van der Waals surface area (Å²) in [6, 6.07) is 23.4. The standard InChI is InChI=1S/C25H21N3O5/c29-22(30)16-26-23(31)19-11-13-20(14-12-19)27-25(33)21(15-17-7-3-1-4-8-17)28-24(32)18-9-5-2-6-10-18/h1-15H,16H2,(H,26,31)(H,27,33)(H,28,32)(H,29,30)/p-1/b21-15-. The third kappa shape index (κ3) is 6.90. The van der Waals surface area contributed by atoms with Gasteiger partial charge in [0.2, 0.25) is 0 Å². The first-order chi connectivity index (χ1) is 15.9. The number of carbonyl (C=O) groups excluding carboxylic acids is 4. The number of benzene rings is 3. The number of nitrogens with one attached hydrogen (secondary N) is 3. The first kappa shape index (κ1) is 23.0. The molecule has 0 aliphatic carbocycles. The molecule has 0 heterocycles. The smallest absolute Gasteiger partial charge is 0.272 e. The Labute approximate surface area is 190 Å². The van der Waals surface area contributed by atoms with Crippen LogP contribution in [0.3, 0.4) is 0 Å². The molecule has 0 saturated carbocycles. The minimum atomic E-state index is -1.40. The van der Waals surface area contributed by atoms with Crippen LogP contribution in [0.4, 0.5) is 5.69 Å². The van der Waals surface area contributed by atoms with Gasteiger partial charge in [0.1, 0.15) is 5.70 Å². The Kier molecular flexibility index (Phi) is 7.69. The Morgan fingerprint density at radius 3 is 1.91 bits per heavy atom. The van der Waals surface area contributed by atoms with Crippen LogP contribution in [0.25, 0.3) is 6.08 Å². The maximum absolute atomic E-state index is 12.9. The third-order valence-electron chi connectivity index (χ3n) is 4.44. The zero-order chi connectivity index (χ0) is 23.6. The average Bonchev–Trinajstić information content (AvgIpc) is 2.83. The average molecular weight is 442 g/mol. The molecule has 8 nitrogen and oxygen atoms in total. The van der Waals surface area contributed by atoms with Gasteiger partial charge < -0.3 is 25.9 Å². The fraction of sp³-hybridized carbons (Fsp3) is 0.0400. The van der Waals surface area contributed by atoms with Crippen molar-refractivity contribution in [3.8, 4) is 0 Å². The lowest BCUT2D eigenvalue weighted by molar-refractivity contribution is -0.303. The van der Waals surface area contributed by atoms with E-state index in [4.69, 9.17) is 0 Å². The molecule has 3 rings (SSSR count). The highest BCUT2D eigenvalue weighted by atomic mass is 16.4. The first-order valence-corrected chi connectivity index (χ1v) is 9.95. The summed E-state index contributed by atoms with van der Waals surface area (Å²) in [6.45, 7) is -0.605. The predicted molar refractivity (Wildman–Crippen MR) is 121 cm³/mol. The molecule has 3 N–H and O–H groups in total. The molecule has 0 bridgehead atoms. The molecule has 0 fully saturated rings. The molecule has 0 saturated heterocycles. The second kappa shape index (κ2) is 11.1. The van der Waals surface area contributed by atoms with Crippen LogP contribution in [0.2, 0.25) is 0 Å². The monoisotopic (exact) mass is 442 g/mol. The van der Waals surface area contributed by atoms with Gasteiger partial charge in [0.25, 0.3) is 17.7 Å². The van der Waals surface area contributed by atoms with Gasteiger partial charge >= 0.3 is 0 Å². The zero-order valence-corrected chi connectivity index (χ0v) is 17.4. The zero-order valence-electron chi connectivity index (χ0n) is 17.4. The van der Waals surface area contributed by atoms with Gasteiger partial charge in [0.05, 0.1) is 12.5 Å². The van der Waals surface area contributed by atoms with Crippen LogP contribution in [0.15, 0.2) is 90.6 Å². The number of amides is 3. The lowest BCUT2D eigenvalue weighted by atomic mass is 10.1. The summed E-state index contributed by atoms with van der Waals surface area (Å²) >= 11 is 0. The molecule has 0 unspecified atom stereocenters. The molecule has 3 aromatic carbocycles. The van der Waals surface area contributed by atoms with Crippen molar-refractivity contribution in [1.82, 2.24) is 10.6 Å². The Balaban J connectivity index is 1.76. The molecule has 0 aromatic heterocycles. The van der Waals surface area contributed by atoms with E-state index in [1.807, 2.05) is 18.2 Å². The molecule has 0 spiro atoms. The molecule has 3 aromatic rings. The van der Waals surface area contributed by atoms with Gasteiger partial charge in [-0.05, 0) is 48.0 Å². The van der Waals surface area contributed by atoms with E-state index in [0.29, 0.717) is 11.3 Å². The largest absolute Gasteiger partial charge is 0.548 e. The van der Waals surface area contributed by atoms with Crippen molar-refractivity contribution < 1.29 is 24.3 Å². The van der Waals surface area contributed by atoms with Gasteiger partial charge in [0.15, 0.2) is 0 Å². The predicted octanol–water partition coefficient (Wildman–Crippen LogP) is 1.58. The molecule has 8 heteroatoms. The van der Waals surface area contributed by atoms with Gasteiger partial charge in [-0.2, -0.15) is 0 Å². The number of carboxylic acid groups (broad SMARTS) is 1. The lowest BCUT2D eigenvalue weighted by Gasteiger charge is -2.12. The molecule has 0 atom stereocenters. The van der Waals surface area contributed by atoms with Crippen molar-refractivity contribution in [2.45, 2.75) is 0 Å². The summed E-state index contributed by atoms with van der Waals surface area (Å²) in [6.07, 6.45) is 1.55. The Morgan fingerprint density at radius 1 is 0.727 bits per heavy atom. The number of anilines is 1. The number of carboxylic acids is 1. The second-order valence-corrected chi connectivity index (χ2v) is 6.88. The number of aliphatic carboxylic acids is 1. The van der Waals surface area contributed by atoms with Crippen molar-refractivity contribution in [1.29, 1.82) is 0 Å². The van der Waals surface area contributed by atoms with E-state index in [2.05, 4.69) is 16.0 Å². The minimum Gasteiger partial charge on any atom is -0.548 e. The highest BCUT2D eigenvalue weighted by Crippen LogP contribution is 2.13. The lowest BCUT2D eigenvalue weighted by Crippen LogP contribution is -2.37. The number of hydrogen-bond acceptors (Lipinski definition) is 5. The second-order valence-electron chi connectivity index (χ2n) is 6.88. The van der Waals surface area contributed by atoms with Gasteiger partial charge in [-0.25, -0.2) is 0 Å². The maximum Gasteiger partial charge on any atom is 0.272 e. The van der Waals surface area contributed by atoms with Crippen LogP contribution in [0.5, 0.6) is 0 Å². The highest BCUT2D eigenvalue weighted by molar-refractivity contribution is 6.10. The number of hydrogen-bond donors (Lipinski definition) is 3. The molecular weight excluding hydrogens is 422 g/mol. The van der Waals surface area contributed by atoms with E-state index in [9.17, 15) is 24.3 Å². The van der Waals surface area contributed by atoms with Crippen LogP contribution < -0.4 is 21.1 Å². The van der Waals surface area contributed by atoms with E-state index in [-0.39, 0.29) is 11.3 Å². The fourth-order valence-corrected chi connectivity index (χ4v) is 2.82. The van der Waals surface area contributed by atoms with Crippen LogP contribution >= 0.6 is 0 Å². The van der Waals surface area contributed by atoms with E-state index >= 15 is 0 Å². The quantitative estimate of drug-likeness (QED) is 0.457. The van der Waals surface area contributed by atoms with Gasteiger partial charge in [-0.1, -0.05) is 48.5 Å². The molecule has 0 aliphatic heterocycles. The van der Waals surface area contributed by atoms with Gasteiger partial charge in [0, 0.05) is 16.8 Å². The Bertz CT molecular complexity index is 1170. The van der Waals surface area contributed by atoms with Crippen molar-refractivity contribution in [3.05, 3.63) is 107 Å². The van der Waals surface area contributed by atoms with Crippen LogP contribution in [0, 0.1) is 0 Å². The van der Waals surface area contributed by atoms with Gasteiger partial charge in [-0.15, -0.1) is 0 Å². The van der Waals surface area contributed by atoms with Crippen LogP contribution in [-0.4, -0.2) is 30.2 Å². The molecular formula is C25H20N3O5-. The fourth-order valence-electron chi connectivity index (χ4n) is 2.82. The van der Waals surface area contributed by atoms with Gasteiger partial charge in [-0.3, -0.25) is 14.4 Å². The SMILES string of the molecule is O=C([O-])CNC(=O)c1ccc(NC(=O)/C(=C/c2ccccc2)NC(=O)c2ccccc2)cc1. The maximum atomic E-state index is 12.9. The van der Waals surface area contributed by atoms with E-state index in [1.165, 1.54) is 24.3 Å². The normalized spacial score (nSPS) is 10.7. The molecule has 33 heavy (non-hydrogen) atoms. The summed E-state index contributed by atoms with van der Waals surface area (Å²) in [5, 5.41) is 18.0. The Hall–Kier alpha value is -4.72. The third-order valence-corrected chi connectivity index (χ3v) is 4.44. The first-order valence-electron chi connectivity index (χ1n) is 9.95. The van der Waals surface area contributed by atoms with Crippen LogP contribution in [0.1, 0.15) is 26.3 Å². The highest BCUT2D eigenvalue weighted by Gasteiger charge is 2.15. The molecule has 166 valence electrons. The van der Waals surface area contributed by atoms with E-state index < -0.39 is 30.2 Å². The van der Waals surface area contributed by atoms with E-state index in [1.54, 1.807) is 48.5 Å². The summed E-state index contributed by atoms with van der Waals surface area (Å²) in [4.78, 5) is 47.9. The van der Waals surface area contributed by atoms with Crippen molar-refractivity contribution in [2.24, 2.45) is 0 Å². The number of carbonyl (C=O) groups is 4. The topological polar surface area (TPSA) is 127 Å². The molecule has 0 aliphatic rings. The molecule has 3 amide bonds. The summed E-state index contributed by atoms with van der Waals surface area (Å²) in [5.74, 6) is -2.98. The van der Waals surface area contributed by atoms with Crippen molar-refractivity contribution >= 4 is 35.5 Å².